The van der Waals surface area contributed by atoms with E-state index < -0.39 is 5.60 Å². The first kappa shape index (κ1) is 16.9. The Hall–Kier alpha value is -1.50. The van der Waals surface area contributed by atoms with Gasteiger partial charge in [0.25, 0.3) is 0 Å². The fraction of sp³-hybridized carbons (Fsp3) is 0.600. The summed E-state index contributed by atoms with van der Waals surface area (Å²) < 4.78 is 11.5. The Morgan fingerprint density at radius 3 is 2.45 bits per heavy atom. The number of carbonyl (C=O) groups excluding carboxylic acids is 1. The Kier molecular flexibility index (Phi) is 5.16. The molecule has 0 aromatic carbocycles. The first-order chi connectivity index (χ1) is 10.3. The number of anilines is 1. The molecule has 0 aliphatic carbocycles. The van der Waals surface area contributed by atoms with Gasteiger partial charge in [-0.05, 0) is 42.8 Å². The van der Waals surface area contributed by atoms with E-state index in [-0.39, 0.29) is 6.09 Å². The molecule has 0 bridgehead atoms. The largest absolute Gasteiger partial charge is 0.493 e. The van der Waals surface area contributed by atoms with Crippen LogP contribution < -0.4 is 9.64 Å². The van der Waals surface area contributed by atoms with Gasteiger partial charge in [0.1, 0.15) is 10.2 Å². The molecule has 22 heavy (non-hydrogen) atoms. The normalized spacial score (nSPS) is 15.7. The predicted octanol–water partition coefficient (Wildman–Crippen LogP) is 2.91. The number of piperazine rings is 1. The summed E-state index contributed by atoms with van der Waals surface area (Å²) in [6.45, 7) is 8.33. The van der Waals surface area contributed by atoms with Crippen LogP contribution in [0.2, 0.25) is 0 Å². The lowest BCUT2D eigenvalue weighted by atomic mass is 10.2. The number of halogens is 1. The number of amides is 1. The molecule has 0 N–H and O–H groups in total. The SMILES string of the molecule is COc1cnc(Br)cc1N1CCN(C(=O)OC(C)(C)C)CC1. The molecule has 7 heteroatoms. The molecule has 0 radical (unpaired) electrons. The van der Waals surface area contributed by atoms with Crippen molar-refractivity contribution >= 4 is 27.7 Å². The molecule has 1 saturated heterocycles. The van der Waals surface area contributed by atoms with E-state index in [2.05, 4.69) is 25.8 Å². The van der Waals surface area contributed by atoms with Gasteiger partial charge >= 0.3 is 6.09 Å². The average Bonchev–Trinajstić information content (AvgIpc) is 2.45. The summed E-state index contributed by atoms with van der Waals surface area (Å²) in [4.78, 5) is 20.2. The number of aromatic nitrogens is 1. The van der Waals surface area contributed by atoms with Crippen molar-refractivity contribution in [3.63, 3.8) is 0 Å². The van der Waals surface area contributed by atoms with E-state index in [1.54, 1.807) is 18.2 Å². The van der Waals surface area contributed by atoms with E-state index in [0.717, 1.165) is 29.1 Å². The average molecular weight is 372 g/mol. The second kappa shape index (κ2) is 6.73. The van der Waals surface area contributed by atoms with Crippen LogP contribution in [0.25, 0.3) is 0 Å². The van der Waals surface area contributed by atoms with E-state index >= 15 is 0 Å². The van der Waals surface area contributed by atoms with Gasteiger partial charge in [-0.3, -0.25) is 0 Å². The molecular formula is C15H22BrN3O3. The quantitative estimate of drug-likeness (QED) is 0.748. The molecule has 1 aliphatic rings. The van der Waals surface area contributed by atoms with Gasteiger partial charge < -0.3 is 19.3 Å². The first-order valence-corrected chi connectivity index (χ1v) is 8.02. The summed E-state index contributed by atoms with van der Waals surface area (Å²) in [5, 5.41) is 0. The highest BCUT2D eigenvalue weighted by Gasteiger charge is 2.27. The van der Waals surface area contributed by atoms with Crippen molar-refractivity contribution in [2.24, 2.45) is 0 Å². The molecule has 0 atom stereocenters. The summed E-state index contributed by atoms with van der Waals surface area (Å²) >= 11 is 3.38. The van der Waals surface area contributed by atoms with Crippen LogP contribution in [0.3, 0.4) is 0 Å². The van der Waals surface area contributed by atoms with Crippen LogP contribution >= 0.6 is 15.9 Å². The van der Waals surface area contributed by atoms with Crippen molar-refractivity contribution in [2.45, 2.75) is 26.4 Å². The van der Waals surface area contributed by atoms with E-state index in [9.17, 15) is 4.79 Å². The number of pyridine rings is 1. The van der Waals surface area contributed by atoms with Crippen molar-refractivity contribution < 1.29 is 14.3 Å². The number of ether oxygens (including phenoxy) is 2. The van der Waals surface area contributed by atoms with Crippen LogP contribution in [0.1, 0.15) is 20.8 Å². The van der Waals surface area contributed by atoms with Gasteiger partial charge in [-0.25, -0.2) is 9.78 Å². The molecule has 2 heterocycles. The molecule has 1 aromatic rings. The van der Waals surface area contributed by atoms with Crippen molar-refractivity contribution in [2.75, 3.05) is 38.2 Å². The molecule has 1 aliphatic heterocycles. The Bertz CT molecular complexity index is 537. The fourth-order valence-electron chi connectivity index (χ4n) is 2.27. The minimum Gasteiger partial charge on any atom is -0.493 e. The maximum atomic E-state index is 12.1. The molecule has 0 unspecified atom stereocenters. The van der Waals surface area contributed by atoms with E-state index in [1.807, 2.05) is 26.8 Å². The van der Waals surface area contributed by atoms with Crippen LogP contribution in [0.5, 0.6) is 5.75 Å². The highest BCUT2D eigenvalue weighted by atomic mass is 79.9. The van der Waals surface area contributed by atoms with Crippen molar-refractivity contribution in [1.29, 1.82) is 0 Å². The highest BCUT2D eigenvalue weighted by molar-refractivity contribution is 9.10. The molecular weight excluding hydrogens is 350 g/mol. The lowest BCUT2D eigenvalue weighted by Gasteiger charge is -2.37. The molecule has 122 valence electrons. The third-order valence-corrected chi connectivity index (χ3v) is 3.74. The molecule has 1 aromatic heterocycles. The molecule has 0 spiro atoms. The number of hydrogen-bond donors (Lipinski definition) is 0. The van der Waals surface area contributed by atoms with Crippen molar-refractivity contribution in [1.82, 2.24) is 9.88 Å². The Labute approximate surface area is 139 Å². The number of carbonyl (C=O) groups is 1. The minimum atomic E-state index is -0.465. The minimum absolute atomic E-state index is 0.255. The highest BCUT2D eigenvalue weighted by Crippen LogP contribution is 2.30. The second-order valence-corrected chi connectivity index (χ2v) is 6.95. The standard InChI is InChI=1S/C15H22BrN3O3/c1-15(2,3)22-14(20)19-7-5-18(6-8-19)11-9-13(16)17-10-12(11)21-4/h9-10H,5-8H2,1-4H3. The van der Waals surface area contributed by atoms with Gasteiger partial charge in [-0.2, -0.15) is 0 Å². The number of rotatable bonds is 2. The lowest BCUT2D eigenvalue weighted by molar-refractivity contribution is 0.0240. The van der Waals surface area contributed by atoms with Gasteiger partial charge in [0.2, 0.25) is 0 Å². The summed E-state index contributed by atoms with van der Waals surface area (Å²) in [5.41, 5.74) is 0.515. The lowest BCUT2D eigenvalue weighted by Crippen LogP contribution is -2.50. The third kappa shape index (κ3) is 4.25. The topological polar surface area (TPSA) is 54.9 Å². The van der Waals surface area contributed by atoms with Crippen LogP contribution in [0.15, 0.2) is 16.9 Å². The van der Waals surface area contributed by atoms with Gasteiger partial charge in [0.05, 0.1) is 19.0 Å². The second-order valence-electron chi connectivity index (χ2n) is 6.13. The van der Waals surface area contributed by atoms with Crippen molar-refractivity contribution in [3.8, 4) is 5.75 Å². The summed E-state index contributed by atoms with van der Waals surface area (Å²) in [5.74, 6) is 0.730. The zero-order valence-corrected chi connectivity index (χ0v) is 15.0. The van der Waals surface area contributed by atoms with Gasteiger partial charge in [0, 0.05) is 26.2 Å². The van der Waals surface area contributed by atoms with Gasteiger partial charge in [-0.1, -0.05) is 0 Å². The van der Waals surface area contributed by atoms with E-state index in [1.165, 1.54) is 0 Å². The van der Waals surface area contributed by atoms with Gasteiger partial charge in [0.15, 0.2) is 5.75 Å². The van der Waals surface area contributed by atoms with Crippen LogP contribution in [0.4, 0.5) is 10.5 Å². The molecule has 1 amide bonds. The molecule has 6 nitrogen and oxygen atoms in total. The third-order valence-electron chi connectivity index (χ3n) is 3.31. The Morgan fingerprint density at radius 1 is 1.27 bits per heavy atom. The predicted molar refractivity (Wildman–Crippen MR) is 88.5 cm³/mol. The smallest absolute Gasteiger partial charge is 0.410 e. The zero-order chi connectivity index (χ0) is 16.3. The Balaban J connectivity index is 2.00. The monoisotopic (exact) mass is 371 g/mol. The van der Waals surface area contributed by atoms with Crippen LogP contribution in [-0.2, 0) is 4.74 Å². The maximum absolute atomic E-state index is 12.1. The summed E-state index contributed by atoms with van der Waals surface area (Å²) in [6, 6.07) is 1.93. The van der Waals surface area contributed by atoms with Crippen LogP contribution in [-0.4, -0.2) is 54.9 Å². The molecule has 1 fully saturated rings. The fourth-order valence-corrected chi connectivity index (χ4v) is 2.59. The van der Waals surface area contributed by atoms with Gasteiger partial charge in [-0.15, -0.1) is 0 Å². The summed E-state index contributed by atoms with van der Waals surface area (Å²) in [6.07, 6.45) is 1.44. The Morgan fingerprint density at radius 2 is 1.91 bits per heavy atom. The number of hydrogen-bond acceptors (Lipinski definition) is 5. The maximum Gasteiger partial charge on any atom is 0.410 e. The summed E-state index contributed by atoms with van der Waals surface area (Å²) in [7, 11) is 1.63. The van der Waals surface area contributed by atoms with Crippen molar-refractivity contribution in [3.05, 3.63) is 16.9 Å². The van der Waals surface area contributed by atoms with Crippen LogP contribution in [0, 0.1) is 0 Å². The van der Waals surface area contributed by atoms with E-state index in [4.69, 9.17) is 9.47 Å². The first-order valence-electron chi connectivity index (χ1n) is 7.22. The molecule has 0 saturated carbocycles. The zero-order valence-electron chi connectivity index (χ0n) is 13.4. The van der Waals surface area contributed by atoms with E-state index in [0.29, 0.717) is 13.1 Å². The number of nitrogens with zero attached hydrogens (tertiary/aromatic N) is 3. The number of methoxy groups -OCH3 is 1. The molecule has 2 rings (SSSR count).